The second kappa shape index (κ2) is 9.92. The van der Waals surface area contributed by atoms with E-state index in [2.05, 4.69) is 35.9 Å². The van der Waals surface area contributed by atoms with Crippen LogP contribution in [0.4, 0.5) is 5.69 Å². The Kier molecular flexibility index (Phi) is 7.53. The molecule has 0 heterocycles. The van der Waals surface area contributed by atoms with Crippen LogP contribution < -0.4 is 4.72 Å². The minimum atomic E-state index is -3.75. The van der Waals surface area contributed by atoms with Crippen molar-refractivity contribution in [1.29, 1.82) is 0 Å². The van der Waals surface area contributed by atoms with Crippen LogP contribution in [0.1, 0.15) is 23.6 Å². The average molecular weight is 478 g/mol. The van der Waals surface area contributed by atoms with E-state index in [1.807, 2.05) is 0 Å². The number of thiocarbonyl (C=S) groups is 1. The summed E-state index contributed by atoms with van der Waals surface area (Å²) in [6.07, 6.45) is 2.35. The maximum Gasteiger partial charge on any atom is 0.261 e. The van der Waals surface area contributed by atoms with Crippen LogP contribution in [-0.4, -0.2) is 13.3 Å². The fourth-order valence-electron chi connectivity index (χ4n) is 3.02. The average Bonchev–Trinajstić information content (AvgIpc) is 2.67. The molecule has 0 fully saturated rings. The molecule has 3 aromatic carbocycles. The minimum absolute atomic E-state index is 0.156. The van der Waals surface area contributed by atoms with Crippen LogP contribution in [0.15, 0.2) is 71.6 Å². The van der Waals surface area contributed by atoms with Gasteiger partial charge in [0.05, 0.1) is 10.6 Å². The number of rotatable bonds is 8. The molecule has 7 heteroatoms. The molecule has 0 unspecified atom stereocenters. The Morgan fingerprint density at radius 1 is 0.833 bits per heavy atom. The molecule has 0 spiro atoms. The molecular formula is C23H21Cl2NO2S2. The molecular weight excluding hydrogens is 457 g/mol. The summed E-state index contributed by atoms with van der Waals surface area (Å²) in [5.74, 6) is 0. The van der Waals surface area contributed by atoms with E-state index in [4.69, 9.17) is 35.4 Å². The first-order valence-electron chi connectivity index (χ1n) is 9.42. The van der Waals surface area contributed by atoms with Crippen LogP contribution in [0.25, 0.3) is 0 Å². The molecule has 3 aromatic rings. The lowest BCUT2D eigenvalue weighted by molar-refractivity contribution is 0.601. The molecule has 0 saturated heterocycles. The lowest BCUT2D eigenvalue weighted by Gasteiger charge is -2.10. The third kappa shape index (κ3) is 6.29. The van der Waals surface area contributed by atoms with Crippen LogP contribution in [-0.2, 0) is 29.3 Å². The van der Waals surface area contributed by atoms with Gasteiger partial charge >= 0.3 is 0 Å². The van der Waals surface area contributed by atoms with Crippen LogP contribution in [0.5, 0.6) is 0 Å². The Balaban J connectivity index is 1.65. The summed E-state index contributed by atoms with van der Waals surface area (Å²) in [6, 6.07) is 19.7. The zero-order chi connectivity index (χ0) is 21.7. The number of aryl methyl sites for hydroxylation is 1. The number of hydrogen-bond acceptors (Lipinski definition) is 3. The summed E-state index contributed by atoms with van der Waals surface area (Å²) in [5, 5.41) is 0.710. The molecule has 0 bridgehead atoms. The van der Waals surface area contributed by atoms with Crippen LogP contribution >= 0.6 is 35.4 Å². The summed E-state index contributed by atoms with van der Waals surface area (Å²) >= 11 is 17.4. The molecule has 156 valence electrons. The summed E-state index contributed by atoms with van der Waals surface area (Å²) in [4.78, 5) is 1.06. The van der Waals surface area contributed by atoms with Gasteiger partial charge in [0, 0.05) is 27.8 Å². The monoisotopic (exact) mass is 477 g/mol. The van der Waals surface area contributed by atoms with Gasteiger partial charge in [-0.15, -0.1) is 0 Å². The number of sulfonamides is 1. The predicted octanol–water partition coefficient (Wildman–Crippen LogP) is 6.51. The first-order valence-corrected chi connectivity index (χ1v) is 12.1. The summed E-state index contributed by atoms with van der Waals surface area (Å²) in [6.45, 7) is 2.13. The highest BCUT2D eigenvalue weighted by atomic mass is 35.5. The Morgan fingerprint density at radius 3 is 1.80 bits per heavy atom. The van der Waals surface area contributed by atoms with E-state index in [0.29, 0.717) is 22.2 Å². The van der Waals surface area contributed by atoms with E-state index in [9.17, 15) is 8.42 Å². The Hall–Kier alpha value is -1.92. The summed E-state index contributed by atoms with van der Waals surface area (Å²) in [5.41, 5.74) is 3.76. The van der Waals surface area contributed by atoms with E-state index in [0.717, 1.165) is 23.3 Å². The smallest absolute Gasteiger partial charge is 0.261 e. The van der Waals surface area contributed by atoms with E-state index in [1.165, 1.54) is 29.3 Å². The lowest BCUT2D eigenvalue weighted by Crippen LogP contribution is -2.13. The van der Waals surface area contributed by atoms with Crippen molar-refractivity contribution < 1.29 is 8.42 Å². The predicted molar refractivity (Wildman–Crippen MR) is 130 cm³/mol. The van der Waals surface area contributed by atoms with Crippen LogP contribution in [0, 0.1) is 0 Å². The molecule has 0 amide bonds. The van der Waals surface area contributed by atoms with E-state index < -0.39 is 10.0 Å². The van der Waals surface area contributed by atoms with Crippen molar-refractivity contribution in [3.05, 3.63) is 93.5 Å². The third-order valence-corrected chi connectivity index (χ3v) is 6.70. The SMILES string of the molecule is CCc1ccc(CC(=S)Cc2ccc(S(=O)(=O)Nc3cc(Cl)cc(Cl)c3)cc2)cc1. The number of halogens is 2. The highest BCUT2D eigenvalue weighted by Gasteiger charge is 2.15. The molecule has 0 radical (unpaired) electrons. The topological polar surface area (TPSA) is 46.2 Å². The molecule has 0 aromatic heterocycles. The van der Waals surface area contributed by atoms with Gasteiger partial charge in [0.2, 0.25) is 0 Å². The molecule has 3 nitrogen and oxygen atoms in total. The number of benzene rings is 3. The molecule has 30 heavy (non-hydrogen) atoms. The van der Waals surface area contributed by atoms with Crippen molar-refractivity contribution in [2.24, 2.45) is 0 Å². The van der Waals surface area contributed by atoms with Crippen molar-refractivity contribution in [3.8, 4) is 0 Å². The number of anilines is 1. The zero-order valence-corrected chi connectivity index (χ0v) is 19.5. The van der Waals surface area contributed by atoms with Crippen molar-refractivity contribution in [2.45, 2.75) is 31.1 Å². The van der Waals surface area contributed by atoms with Crippen molar-refractivity contribution in [3.63, 3.8) is 0 Å². The van der Waals surface area contributed by atoms with Crippen molar-refractivity contribution >= 4 is 56.0 Å². The van der Waals surface area contributed by atoms with E-state index in [-0.39, 0.29) is 4.90 Å². The van der Waals surface area contributed by atoms with E-state index >= 15 is 0 Å². The second-order valence-electron chi connectivity index (χ2n) is 6.97. The molecule has 0 saturated carbocycles. The number of nitrogens with one attached hydrogen (secondary N) is 1. The first-order chi connectivity index (χ1) is 14.2. The van der Waals surface area contributed by atoms with Gasteiger partial charge in [-0.1, -0.05) is 78.7 Å². The molecule has 3 rings (SSSR count). The maximum absolute atomic E-state index is 12.6. The lowest BCUT2D eigenvalue weighted by atomic mass is 10.0. The molecule has 0 aliphatic carbocycles. The molecule has 0 aliphatic heterocycles. The fraction of sp³-hybridized carbons (Fsp3) is 0.174. The molecule has 0 aliphatic rings. The Labute approximate surface area is 193 Å². The third-order valence-electron chi connectivity index (χ3n) is 4.58. The van der Waals surface area contributed by atoms with Gasteiger partial charge in [-0.25, -0.2) is 8.42 Å². The highest BCUT2D eigenvalue weighted by molar-refractivity contribution is 7.92. The van der Waals surface area contributed by atoms with Gasteiger partial charge in [0.25, 0.3) is 10.0 Å². The van der Waals surface area contributed by atoms with Gasteiger partial charge in [0.15, 0.2) is 0 Å². The van der Waals surface area contributed by atoms with Gasteiger partial charge < -0.3 is 0 Å². The largest absolute Gasteiger partial charge is 0.280 e. The normalized spacial score (nSPS) is 11.3. The van der Waals surface area contributed by atoms with Crippen LogP contribution in [0.2, 0.25) is 10.0 Å². The van der Waals surface area contributed by atoms with Gasteiger partial charge in [-0.2, -0.15) is 0 Å². The van der Waals surface area contributed by atoms with Gasteiger partial charge in [-0.3, -0.25) is 4.72 Å². The van der Waals surface area contributed by atoms with Gasteiger partial charge in [-0.05, 0) is 53.4 Å². The van der Waals surface area contributed by atoms with Crippen molar-refractivity contribution in [2.75, 3.05) is 4.72 Å². The Bertz CT molecular complexity index is 1120. The van der Waals surface area contributed by atoms with Gasteiger partial charge in [0.1, 0.15) is 0 Å². The first kappa shape index (κ1) is 22.8. The number of hydrogen-bond donors (Lipinski definition) is 1. The van der Waals surface area contributed by atoms with E-state index in [1.54, 1.807) is 24.3 Å². The highest BCUT2D eigenvalue weighted by Crippen LogP contribution is 2.25. The van der Waals surface area contributed by atoms with Crippen molar-refractivity contribution in [1.82, 2.24) is 0 Å². The summed E-state index contributed by atoms with van der Waals surface area (Å²) < 4.78 is 27.8. The second-order valence-corrected chi connectivity index (χ2v) is 10.1. The molecule has 0 atom stereocenters. The van der Waals surface area contributed by atoms with Crippen LogP contribution in [0.3, 0.4) is 0 Å². The maximum atomic E-state index is 12.6. The Morgan fingerprint density at radius 2 is 1.30 bits per heavy atom. The minimum Gasteiger partial charge on any atom is -0.280 e. The quantitative estimate of drug-likeness (QED) is 0.376. The summed E-state index contributed by atoms with van der Waals surface area (Å²) in [7, 11) is -3.75. The zero-order valence-electron chi connectivity index (χ0n) is 16.4. The molecule has 1 N–H and O–H groups in total. The standard InChI is InChI=1S/C23H21Cl2NO2S2/c1-2-16-3-5-17(6-4-16)11-22(29)12-18-7-9-23(10-8-18)30(27,28)26-21-14-19(24)13-20(25)15-21/h3-10,13-15,26H,2,11-12H2,1H3. The fourth-order valence-corrected chi connectivity index (χ4v) is 4.92.